The molecule has 2 aromatic heterocycles. The lowest BCUT2D eigenvalue weighted by atomic mass is 10.0. The number of carbonyl (C=O) groups is 2. The van der Waals surface area contributed by atoms with Gasteiger partial charge < -0.3 is 0 Å². The van der Waals surface area contributed by atoms with Crippen molar-refractivity contribution in [2.24, 2.45) is 0 Å². The van der Waals surface area contributed by atoms with Gasteiger partial charge in [0.15, 0.2) is 11.6 Å². The maximum absolute atomic E-state index is 11.4. The first-order valence-electron chi connectivity index (χ1n) is 7.32. The fraction of sp³-hybridized carbons (Fsp3) is 0.333. The molecule has 0 spiro atoms. The van der Waals surface area contributed by atoms with Crippen LogP contribution >= 0.6 is 0 Å². The standard InChI is InChI=1S/C18H20N2O2/c1-11-5-7-17(13(3)21)20-16(11)8-6-15-9-18(14(4)22)19-10-12(15)2/h5,7,9-10H,6,8H2,1-4H3. The van der Waals surface area contributed by atoms with E-state index in [1.54, 1.807) is 12.3 Å². The van der Waals surface area contributed by atoms with Crippen molar-refractivity contribution in [1.29, 1.82) is 0 Å². The van der Waals surface area contributed by atoms with Crippen LogP contribution < -0.4 is 0 Å². The second-order valence-corrected chi connectivity index (χ2v) is 5.57. The molecule has 0 aliphatic heterocycles. The Balaban J connectivity index is 2.23. The predicted molar refractivity (Wildman–Crippen MR) is 85.4 cm³/mol. The number of rotatable bonds is 5. The van der Waals surface area contributed by atoms with Gasteiger partial charge in [-0.2, -0.15) is 0 Å². The van der Waals surface area contributed by atoms with E-state index in [1.165, 1.54) is 13.8 Å². The van der Waals surface area contributed by atoms with E-state index in [-0.39, 0.29) is 11.6 Å². The molecule has 0 saturated carbocycles. The molecular formula is C18H20N2O2. The minimum atomic E-state index is -0.0332. The van der Waals surface area contributed by atoms with E-state index >= 15 is 0 Å². The molecule has 2 rings (SSSR count). The molecule has 0 N–H and O–H groups in total. The summed E-state index contributed by atoms with van der Waals surface area (Å²) in [4.78, 5) is 31.5. The van der Waals surface area contributed by atoms with Gasteiger partial charge in [0, 0.05) is 25.7 Å². The number of nitrogens with zero attached hydrogens (tertiary/aromatic N) is 2. The number of pyridine rings is 2. The van der Waals surface area contributed by atoms with E-state index in [0.717, 1.165) is 35.2 Å². The summed E-state index contributed by atoms with van der Waals surface area (Å²) in [5.41, 5.74) is 5.14. The highest BCUT2D eigenvalue weighted by molar-refractivity contribution is 5.92. The normalized spacial score (nSPS) is 10.5. The smallest absolute Gasteiger partial charge is 0.178 e. The molecule has 0 unspecified atom stereocenters. The summed E-state index contributed by atoms with van der Waals surface area (Å²) in [6.07, 6.45) is 3.23. The molecule has 0 amide bonds. The van der Waals surface area contributed by atoms with Crippen molar-refractivity contribution >= 4 is 11.6 Å². The minimum Gasteiger partial charge on any atom is -0.293 e. The maximum atomic E-state index is 11.4. The third-order valence-corrected chi connectivity index (χ3v) is 3.77. The Morgan fingerprint density at radius 2 is 1.64 bits per heavy atom. The van der Waals surface area contributed by atoms with Crippen LogP contribution in [0.15, 0.2) is 24.4 Å². The number of aryl methyl sites for hydroxylation is 4. The van der Waals surface area contributed by atoms with E-state index in [9.17, 15) is 9.59 Å². The summed E-state index contributed by atoms with van der Waals surface area (Å²) >= 11 is 0. The van der Waals surface area contributed by atoms with Crippen molar-refractivity contribution in [3.63, 3.8) is 0 Å². The zero-order chi connectivity index (χ0) is 16.3. The molecule has 0 radical (unpaired) electrons. The monoisotopic (exact) mass is 296 g/mol. The first-order chi connectivity index (χ1) is 10.4. The second kappa shape index (κ2) is 6.60. The molecule has 0 atom stereocenters. The molecule has 114 valence electrons. The Labute approximate surface area is 130 Å². The van der Waals surface area contributed by atoms with Crippen LogP contribution in [0, 0.1) is 13.8 Å². The highest BCUT2D eigenvalue weighted by Crippen LogP contribution is 2.15. The maximum Gasteiger partial charge on any atom is 0.178 e. The molecular weight excluding hydrogens is 276 g/mol. The van der Waals surface area contributed by atoms with Gasteiger partial charge >= 0.3 is 0 Å². The van der Waals surface area contributed by atoms with Gasteiger partial charge in [-0.15, -0.1) is 0 Å². The van der Waals surface area contributed by atoms with Crippen LogP contribution in [0.3, 0.4) is 0 Å². The molecule has 0 saturated heterocycles. The Morgan fingerprint density at radius 3 is 2.27 bits per heavy atom. The zero-order valence-electron chi connectivity index (χ0n) is 13.4. The van der Waals surface area contributed by atoms with Crippen LogP contribution in [0.4, 0.5) is 0 Å². The SMILES string of the molecule is CC(=O)c1cc(CCc2nc(C(C)=O)ccc2C)c(C)cn1. The van der Waals surface area contributed by atoms with E-state index < -0.39 is 0 Å². The van der Waals surface area contributed by atoms with Crippen LogP contribution in [0.2, 0.25) is 0 Å². The topological polar surface area (TPSA) is 59.9 Å². The van der Waals surface area contributed by atoms with Crippen LogP contribution in [-0.4, -0.2) is 21.5 Å². The Morgan fingerprint density at radius 1 is 0.955 bits per heavy atom. The van der Waals surface area contributed by atoms with E-state index in [1.807, 2.05) is 26.0 Å². The first kappa shape index (κ1) is 16.0. The third-order valence-electron chi connectivity index (χ3n) is 3.77. The fourth-order valence-corrected chi connectivity index (χ4v) is 2.30. The van der Waals surface area contributed by atoms with Gasteiger partial charge in [0.25, 0.3) is 0 Å². The van der Waals surface area contributed by atoms with Crippen LogP contribution in [-0.2, 0) is 12.8 Å². The average molecular weight is 296 g/mol. The lowest BCUT2D eigenvalue weighted by Gasteiger charge is -2.09. The van der Waals surface area contributed by atoms with Gasteiger partial charge in [0.05, 0.1) is 0 Å². The molecule has 4 nitrogen and oxygen atoms in total. The first-order valence-corrected chi connectivity index (χ1v) is 7.32. The molecule has 0 aliphatic rings. The Kier molecular flexibility index (Phi) is 4.81. The van der Waals surface area contributed by atoms with Crippen LogP contribution in [0.1, 0.15) is 57.2 Å². The summed E-state index contributed by atoms with van der Waals surface area (Å²) in [5.74, 6) is -0.0608. The van der Waals surface area contributed by atoms with E-state index in [2.05, 4.69) is 9.97 Å². The highest BCUT2D eigenvalue weighted by atomic mass is 16.1. The minimum absolute atomic E-state index is 0.0276. The largest absolute Gasteiger partial charge is 0.293 e. The number of hydrogen-bond donors (Lipinski definition) is 0. The molecule has 0 bridgehead atoms. The Bertz CT molecular complexity index is 672. The van der Waals surface area contributed by atoms with E-state index in [4.69, 9.17) is 0 Å². The molecule has 22 heavy (non-hydrogen) atoms. The average Bonchev–Trinajstić information content (AvgIpc) is 2.47. The summed E-state index contributed by atoms with van der Waals surface area (Å²) in [6, 6.07) is 5.54. The predicted octanol–water partition coefficient (Wildman–Crippen LogP) is 3.28. The summed E-state index contributed by atoms with van der Waals surface area (Å²) in [7, 11) is 0. The van der Waals surface area contributed by atoms with Gasteiger partial charge in [-0.05, 0) is 55.5 Å². The van der Waals surface area contributed by atoms with E-state index in [0.29, 0.717) is 11.4 Å². The van der Waals surface area contributed by atoms with Crippen molar-refractivity contribution in [3.8, 4) is 0 Å². The summed E-state index contributed by atoms with van der Waals surface area (Å²) < 4.78 is 0. The second-order valence-electron chi connectivity index (χ2n) is 5.57. The lowest BCUT2D eigenvalue weighted by Crippen LogP contribution is -2.06. The van der Waals surface area contributed by atoms with Crippen LogP contribution in [0.25, 0.3) is 0 Å². The van der Waals surface area contributed by atoms with Crippen molar-refractivity contribution in [1.82, 2.24) is 9.97 Å². The number of aromatic nitrogens is 2. The molecule has 0 aromatic carbocycles. The molecule has 2 aromatic rings. The molecule has 2 heterocycles. The van der Waals surface area contributed by atoms with Crippen molar-refractivity contribution < 1.29 is 9.59 Å². The van der Waals surface area contributed by atoms with Gasteiger partial charge in [-0.25, -0.2) is 4.98 Å². The third kappa shape index (κ3) is 3.64. The van der Waals surface area contributed by atoms with Crippen molar-refractivity contribution in [2.75, 3.05) is 0 Å². The van der Waals surface area contributed by atoms with Crippen molar-refractivity contribution in [2.45, 2.75) is 40.5 Å². The number of Topliss-reactive ketones (excluding diaryl/α,β-unsaturated/α-hetero) is 2. The van der Waals surface area contributed by atoms with Gasteiger partial charge in [0.2, 0.25) is 0 Å². The lowest BCUT2D eigenvalue weighted by molar-refractivity contribution is 0.1000. The molecule has 4 heteroatoms. The quantitative estimate of drug-likeness (QED) is 0.794. The zero-order valence-corrected chi connectivity index (χ0v) is 13.4. The molecule has 0 fully saturated rings. The van der Waals surface area contributed by atoms with Gasteiger partial charge in [-0.3, -0.25) is 14.6 Å². The fourth-order valence-electron chi connectivity index (χ4n) is 2.30. The summed E-state index contributed by atoms with van der Waals surface area (Å²) in [6.45, 7) is 7.02. The highest BCUT2D eigenvalue weighted by Gasteiger charge is 2.09. The van der Waals surface area contributed by atoms with Gasteiger partial charge in [0.1, 0.15) is 11.4 Å². The molecule has 0 aliphatic carbocycles. The van der Waals surface area contributed by atoms with Crippen LogP contribution in [0.5, 0.6) is 0 Å². The summed E-state index contributed by atoms with van der Waals surface area (Å²) in [5, 5.41) is 0. The number of carbonyl (C=O) groups excluding carboxylic acids is 2. The van der Waals surface area contributed by atoms with Crippen molar-refractivity contribution in [3.05, 3.63) is 58.2 Å². The Hall–Kier alpha value is -2.36. The van der Waals surface area contributed by atoms with Gasteiger partial charge in [-0.1, -0.05) is 6.07 Å². The number of ketones is 2. The number of hydrogen-bond acceptors (Lipinski definition) is 4.